The third-order valence-electron chi connectivity index (χ3n) is 4.53. The van der Waals surface area contributed by atoms with Gasteiger partial charge >= 0.3 is 0 Å². The molecule has 5 heteroatoms. The number of aryl methyl sites for hydroxylation is 1. The SMILES string of the molecule is CCC(CC)NC(=O)c1noc2c1CCc1ccc(OC)cc1-2. The Balaban J connectivity index is 1.94. The maximum Gasteiger partial charge on any atom is 0.273 e. The van der Waals surface area contributed by atoms with Crippen molar-refractivity contribution in [3.05, 3.63) is 35.0 Å². The van der Waals surface area contributed by atoms with Crippen LogP contribution in [0.2, 0.25) is 0 Å². The zero-order chi connectivity index (χ0) is 16.4. The highest BCUT2D eigenvalue weighted by Crippen LogP contribution is 2.37. The second kappa shape index (κ2) is 6.44. The highest BCUT2D eigenvalue weighted by molar-refractivity contribution is 5.95. The van der Waals surface area contributed by atoms with Crippen molar-refractivity contribution in [3.63, 3.8) is 0 Å². The largest absolute Gasteiger partial charge is 0.497 e. The molecule has 0 radical (unpaired) electrons. The first-order chi connectivity index (χ1) is 11.2. The third kappa shape index (κ3) is 2.83. The summed E-state index contributed by atoms with van der Waals surface area (Å²) in [5.74, 6) is 1.32. The lowest BCUT2D eigenvalue weighted by atomic mass is 9.89. The fourth-order valence-electron chi connectivity index (χ4n) is 3.05. The number of benzene rings is 1. The minimum absolute atomic E-state index is 0.143. The Hall–Kier alpha value is -2.30. The van der Waals surface area contributed by atoms with Gasteiger partial charge in [-0.25, -0.2) is 0 Å². The summed E-state index contributed by atoms with van der Waals surface area (Å²) in [5.41, 5.74) is 3.48. The average molecular weight is 314 g/mol. The molecular formula is C18H22N2O3. The number of hydrogen-bond donors (Lipinski definition) is 1. The van der Waals surface area contributed by atoms with Crippen molar-refractivity contribution in [2.24, 2.45) is 0 Å². The third-order valence-corrected chi connectivity index (χ3v) is 4.53. The van der Waals surface area contributed by atoms with Gasteiger partial charge in [-0.15, -0.1) is 0 Å². The molecule has 1 aliphatic rings. The van der Waals surface area contributed by atoms with Crippen LogP contribution in [0.5, 0.6) is 5.75 Å². The molecule has 2 aromatic rings. The molecule has 0 spiro atoms. The molecule has 23 heavy (non-hydrogen) atoms. The molecule has 122 valence electrons. The number of carbonyl (C=O) groups is 1. The zero-order valence-electron chi connectivity index (χ0n) is 13.8. The van der Waals surface area contributed by atoms with E-state index in [1.807, 2.05) is 18.2 Å². The van der Waals surface area contributed by atoms with Crippen molar-refractivity contribution in [3.8, 4) is 17.1 Å². The Labute approximate surface area is 136 Å². The molecule has 3 rings (SSSR count). The molecule has 1 aliphatic carbocycles. The monoisotopic (exact) mass is 314 g/mol. The number of amides is 1. The number of nitrogens with zero attached hydrogens (tertiary/aromatic N) is 1. The van der Waals surface area contributed by atoms with Crippen LogP contribution in [-0.2, 0) is 12.8 Å². The summed E-state index contributed by atoms with van der Waals surface area (Å²) in [6, 6.07) is 6.11. The molecule has 0 unspecified atom stereocenters. The Kier molecular flexibility index (Phi) is 4.37. The van der Waals surface area contributed by atoms with E-state index in [4.69, 9.17) is 9.26 Å². The summed E-state index contributed by atoms with van der Waals surface area (Å²) >= 11 is 0. The number of hydrogen-bond acceptors (Lipinski definition) is 4. The van der Waals surface area contributed by atoms with Gasteiger partial charge in [0, 0.05) is 17.2 Å². The van der Waals surface area contributed by atoms with E-state index in [0.29, 0.717) is 11.5 Å². The van der Waals surface area contributed by atoms with E-state index < -0.39 is 0 Å². The van der Waals surface area contributed by atoms with Crippen LogP contribution in [0.25, 0.3) is 11.3 Å². The van der Waals surface area contributed by atoms with Crippen LogP contribution < -0.4 is 10.1 Å². The van der Waals surface area contributed by atoms with Gasteiger partial charge < -0.3 is 14.6 Å². The Morgan fingerprint density at radius 1 is 1.35 bits per heavy atom. The number of rotatable bonds is 5. The molecule has 0 aliphatic heterocycles. The molecule has 1 heterocycles. The van der Waals surface area contributed by atoms with Gasteiger partial charge in [0.2, 0.25) is 0 Å². The fraction of sp³-hybridized carbons (Fsp3) is 0.444. The Bertz CT molecular complexity index is 717. The lowest BCUT2D eigenvalue weighted by Gasteiger charge is -2.17. The molecule has 0 saturated carbocycles. The van der Waals surface area contributed by atoms with Gasteiger partial charge in [-0.05, 0) is 43.4 Å². The highest BCUT2D eigenvalue weighted by atomic mass is 16.5. The topological polar surface area (TPSA) is 64.4 Å². The molecule has 1 amide bonds. The molecule has 0 saturated heterocycles. The summed E-state index contributed by atoms with van der Waals surface area (Å²) in [6.07, 6.45) is 3.45. The second-order valence-electron chi connectivity index (χ2n) is 5.85. The summed E-state index contributed by atoms with van der Waals surface area (Å²) in [4.78, 5) is 12.5. The fourth-order valence-corrected chi connectivity index (χ4v) is 3.05. The molecule has 0 fully saturated rings. The van der Waals surface area contributed by atoms with Crippen molar-refractivity contribution in [1.29, 1.82) is 0 Å². The van der Waals surface area contributed by atoms with Gasteiger partial charge in [0.25, 0.3) is 5.91 Å². The zero-order valence-corrected chi connectivity index (χ0v) is 13.8. The predicted octanol–water partition coefficient (Wildman–Crippen LogP) is 3.37. The van der Waals surface area contributed by atoms with E-state index in [1.54, 1.807) is 7.11 Å². The lowest BCUT2D eigenvalue weighted by Crippen LogP contribution is -2.34. The van der Waals surface area contributed by atoms with Crippen LogP contribution in [-0.4, -0.2) is 24.2 Å². The number of fused-ring (bicyclic) bond motifs is 3. The van der Waals surface area contributed by atoms with Crippen LogP contribution in [0.1, 0.15) is 48.3 Å². The van der Waals surface area contributed by atoms with Crippen molar-refractivity contribution in [2.45, 2.75) is 45.6 Å². The van der Waals surface area contributed by atoms with Crippen LogP contribution in [0.4, 0.5) is 0 Å². The first-order valence-electron chi connectivity index (χ1n) is 8.14. The van der Waals surface area contributed by atoms with Crippen LogP contribution in [0.3, 0.4) is 0 Å². The number of carbonyl (C=O) groups excluding carboxylic acids is 1. The minimum atomic E-state index is -0.143. The Morgan fingerprint density at radius 3 is 2.83 bits per heavy atom. The molecule has 0 bridgehead atoms. The summed E-state index contributed by atoms with van der Waals surface area (Å²) in [7, 11) is 1.64. The van der Waals surface area contributed by atoms with Gasteiger partial charge in [0.05, 0.1) is 7.11 Å². The molecule has 1 aromatic heterocycles. The van der Waals surface area contributed by atoms with E-state index in [2.05, 4.69) is 24.3 Å². The van der Waals surface area contributed by atoms with Gasteiger partial charge in [-0.2, -0.15) is 0 Å². The first kappa shape index (κ1) is 15.6. The highest BCUT2D eigenvalue weighted by Gasteiger charge is 2.28. The maximum atomic E-state index is 12.5. The van der Waals surface area contributed by atoms with E-state index in [1.165, 1.54) is 5.56 Å². The molecule has 0 atom stereocenters. The standard InChI is InChI=1S/C18H22N2O3/c1-4-12(5-2)19-18(21)16-14-9-7-11-6-8-13(22-3)10-15(11)17(14)23-20-16/h6,8,10,12H,4-5,7,9H2,1-3H3,(H,19,21). The number of methoxy groups -OCH3 is 1. The summed E-state index contributed by atoms with van der Waals surface area (Å²) < 4.78 is 10.8. The molecular weight excluding hydrogens is 292 g/mol. The van der Waals surface area contributed by atoms with Crippen molar-refractivity contribution in [1.82, 2.24) is 10.5 Å². The van der Waals surface area contributed by atoms with Gasteiger partial charge in [0.1, 0.15) is 5.75 Å². The van der Waals surface area contributed by atoms with Gasteiger partial charge in [0.15, 0.2) is 11.5 Å². The lowest BCUT2D eigenvalue weighted by molar-refractivity contribution is 0.0925. The van der Waals surface area contributed by atoms with E-state index in [-0.39, 0.29) is 11.9 Å². The molecule has 1 N–H and O–H groups in total. The first-order valence-corrected chi connectivity index (χ1v) is 8.14. The van der Waals surface area contributed by atoms with Crippen LogP contribution >= 0.6 is 0 Å². The number of aromatic nitrogens is 1. The predicted molar refractivity (Wildman–Crippen MR) is 87.7 cm³/mol. The quantitative estimate of drug-likeness (QED) is 0.919. The number of nitrogens with one attached hydrogen (secondary N) is 1. The summed E-state index contributed by atoms with van der Waals surface area (Å²) in [5, 5.41) is 7.08. The van der Waals surface area contributed by atoms with E-state index in [9.17, 15) is 4.79 Å². The van der Waals surface area contributed by atoms with Gasteiger partial charge in [-0.3, -0.25) is 4.79 Å². The second-order valence-corrected chi connectivity index (χ2v) is 5.85. The normalized spacial score (nSPS) is 12.7. The molecule has 5 nitrogen and oxygen atoms in total. The van der Waals surface area contributed by atoms with Crippen LogP contribution in [0, 0.1) is 0 Å². The minimum Gasteiger partial charge on any atom is -0.497 e. The van der Waals surface area contributed by atoms with E-state index in [0.717, 1.165) is 42.6 Å². The van der Waals surface area contributed by atoms with Gasteiger partial charge in [-0.1, -0.05) is 25.1 Å². The number of ether oxygens (including phenoxy) is 1. The average Bonchev–Trinajstić information content (AvgIpc) is 3.03. The van der Waals surface area contributed by atoms with Crippen molar-refractivity contribution in [2.75, 3.05) is 7.11 Å². The van der Waals surface area contributed by atoms with Crippen LogP contribution in [0.15, 0.2) is 22.7 Å². The van der Waals surface area contributed by atoms with Crippen molar-refractivity contribution >= 4 is 5.91 Å². The molecule has 1 aromatic carbocycles. The smallest absolute Gasteiger partial charge is 0.273 e. The maximum absolute atomic E-state index is 12.5. The van der Waals surface area contributed by atoms with Crippen molar-refractivity contribution < 1.29 is 14.1 Å². The summed E-state index contributed by atoms with van der Waals surface area (Å²) in [6.45, 7) is 4.13. The van der Waals surface area contributed by atoms with E-state index >= 15 is 0 Å². The Morgan fingerprint density at radius 2 is 2.13 bits per heavy atom.